The molecule has 1 saturated carbocycles. The highest BCUT2D eigenvalue weighted by Crippen LogP contribution is 2.34. The molecule has 2 aromatic rings. The third-order valence-corrected chi connectivity index (χ3v) is 5.50. The summed E-state index contributed by atoms with van der Waals surface area (Å²) in [7, 11) is 0. The van der Waals surface area contributed by atoms with E-state index >= 15 is 0 Å². The Kier molecular flexibility index (Phi) is 5.20. The standard InChI is InChI=1S/C19H20N2O2S/c20-18(22)13-5-7-14(8-6-13)19(23)21-15-9-11-17(12-10-15)24-16-3-1-2-4-16/h5-12,16H,1-4H2,(H2,20,22)(H,21,23). The fraction of sp³-hybridized carbons (Fsp3) is 0.263. The van der Waals surface area contributed by atoms with Gasteiger partial charge in [-0.05, 0) is 61.4 Å². The monoisotopic (exact) mass is 340 g/mol. The van der Waals surface area contributed by atoms with E-state index in [0.717, 1.165) is 10.9 Å². The number of hydrogen-bond acceptors (Lipinski definition) is 3. The van der Waals surface area contributed by atoms with Gasteiger partial charge < -0.3 is 11.1 Å². The van der Waals surface area contributed by atoms with Crippen molar-refractivity contribution in [3.8, 4) is 0 Å². The molecule has 2 aromatic carbocycles. The summed E-state index contributed by atoms with van der Waals surface area (Å²) in [4.78, 5) is 24.5. The molecule has 0 spiro atoms. The summed E-state index contributed by atoms with van der Waals surface area (Å²) in [6.07, 6.45) is 5.26. The molecule has 0 bridgehead atoms. The van der Waals surface area contributed by atoms with Crippen LogP contribution < -0.4 is 11.1 Å². The quantitative estimate of drug-likeness (QED) is 0.861. The lowest BCUT2D eigenvalue weighted by molar-refractivity contribution is 0.0995. The first-order chi connectivity index (χ1) is 11.6. The molecule has 1 aliphatic rings. The summed E-state index contributed by atoms with van der Waals surface area (Å²) in [6.45, 7) is 0. The average molecular weight is 340 g/mol. The van der Waals surface area contributed by atoms with Gasteiger partial charge >= 0.3 is 0 Å². The number of thioether (sulfide) groups is 1. The zero-order chi connectivity index (χ0) is 16.9. The van der Waals surface area contributed by atoms with Crippen molar-refractivity contribution in [1.82, 2.24) is 0 Å². The Morgan fingerprint density at radius 3 is 2.08 bits per heavy atom. The van der Waals surface area contributed by atoms with Gasteiger partial charge in [0.1, 0.15) is 0 Å². The molecule has 0 radical (unpaired) electrons. The molecule has 4 nitrogen and oxygen atoms in total. The molecule has 0 atom stereocenters. The lowest BCUT2D eigenvalue weighted by Crippen LogP contribution is -2.14. The maximum absolute atomic E-state index is 12.2. The molecule has 0 unspecified atom stereocenters. The zero-order valence-electron chi connectivity index (χ0n) is 13.3. The largest absolute Gasteiger partial charge is 0.366 e. The van der Waals surface area contributed by atoms with Crippen LogP contribution in [0, 0.1) is 0 Å². The van der Waals surface area contributed by atoms with E-state index < -0.39 is 5.91 Å². The van der Waals surface area contributed by atoms with E-state index in [1.807, 2.05) is 23.9 Å². The number of carbonyl (C=O) groups is 2. The number of benzene rings is 2. The highest BCUT2D eigenvalue weighted by Gasteiger charge is 2.16. The van der Waals surface area contributed by atoms with Crippen LogP contribution in [0.25, 0.3) is 0 Å². The van der Waals surface area contributed by atoms with Crippen molar-refractivity contribution < 1.29 is 9.59 Å². The SMILES string of the molecule is NC(=O)c1ccc(C(=O)Nc2ccc(SC3CCCC3)cc2)cc1. The van der Waals surface area contributed by atoms with E-state index in [2.05, 4.69) is 17.4 Å². The molecular weight excluding hydrogens is 320 g/mol. The van der Waals surface area contributed by atoms with Crippen molar-refractivity contribution in [3.05, 3.63) is 59.7 Å². The molecule has 5 heteroatoms. The van der Waals surface area contributed by atoms with Crippen molar-refractivity contribution >= 4 is 29.3 Å². The van der Waals surface area contributed by atoms with Crippen LogP contribution in [0.5, 0.6) is 0 Å². The highest BCUT2D eigenvalue weighted by atomic mass is 32.2. The number of carbonyl (C=O) groups excluding carboxylic acids is 2. The summed E-state index contributed by atoms with van der Waals surface area (Å²) in [5.41, 5.74) is 6.83. The number of primary amides is 1. The molecule has 24 heavy (non-hydrogen) atoms. The van der Waals surface area contributed by atoms with Crippen LogP contribution in [0.15, 0.2) is 53.4 Å². The fourth-order valence-corrected chi connectivity index (χ4v) is 4.05. The maximum Gasteiger partial charge on any atom is 0.255 e. The first-order valence-corrected chi connectivity index (χ1v) is 8.98. The summed E-state index contributed by atoms with van der Waals surface area (Å²) in [6, 6.07) is 14.3. The number of anilines is 1. The van der Waals surface area contributed by atoms with E-state index in [4.69, 9.17) is 5.73 Å². The Labute approximate surface area is 145 Å². The topological polar surface area (TPSA) is 72.2 Å². The van der Waals surface area contributed by atoms with Gasteiger partial charge in [0.25, 0.3) is 5.91 Å². The van der Waals surface area contributed by atoms with E-state index in [9.17, 15) is 9.59 Å². The second-order valence-electron chi connectivity index (χ2n) is 5.94. The number of nitrogens with one attached hydrogen (secondary N) is 1. The summed E-state index contributed by atoms with van der Waals surface area (Å²) < 4.78 is 0. The summed E-state index contributed by atoms with van der Waals surface area (Å²) in [5, 5.41) is 3.59. The molecular formula is C19H20N2O2S. The molecule has 3 rings (SSSR count). The van der Waals surface area contributed by atoms with Gasteiger partial charge in [-0.1, -0.05) is 12.8 Å². The molecule has 1 fully saturated rings. The van der Waals surface area contributed by atoms with E-state index in [0.29, 0.717) is 11.1 Å². The normalized spacial score (nSPS) is 14.5. The Morgan fingerprint density at radius 2 is 1.50 bits per heavy atom. The minimum absolute atomic E-state index is 0.206. The van der Waals surface area contributed by atoms with Gasteiger partial charge in [0.15, 0.2) is 0 Å². The second-order valence-corrected chi connectivity index (χ2v) is 7.32. The molecule has 0 aromatic heterocycles. The Hall–Kier alpha value is -2.27. The van der Waals surface area contributed by atoms with Crippen LogP contribution in [-0.2, 0) is 0 Å². The van der Waals surface area contributed by atoms with Crippen LogP contribution in [0.3, 0.4) is 0 Å². The smallest absolute Gasteiger partial charge is 0.255 e. The van der Waals surface area contributed by atoms with Gasteiger partial charge in [-0.25, -0.2) is 0 Å². The minimum Gasteiger partial charge on any atom is -0.366 e. The van der Waals surface area contributed by atoms with Crippen molar-refractivity contribution in [2.75, 3.05) is 5.32 Å². The van der Waals surface area contributed by atoms with Gasteiger partial charge in [-0.15, -0.1) is 11.8 Å². The zero-order valence-corrected chi connectivity index (χ0v) is 14.1. The number of amides is 2. The lowest BCUT2D eigenvalue weighted by Gasteiger charge is -2.10. The molecule has 0 aliphatic heterocycles. The van der Waals surface area contributed by atoms with Gasteiger partial charge in [-0.2, -0.15) is 0 Å². The summed E-state index contributed by atoms with van der Waals surface area (Å²) >= 11 is 1.92. The van der Waals surface area contributed by atoms with Crippen molar-refractivity contribution in [3.63, 3.8) is 0 Å². The van der Waals surface area contributed by atoms with E-state index in [1.54, 1.807) is 24.3 Å². The van der Waals surface area contributed by atoms with Crippen LogP contribution in [-0.4, -0.2) is 17.1 Å². The molecule has 0 heterocycles. The number of nitrogens with two attached hydrogens (primary N) is 1. The average Bonchev–Trinajstić information content (AvgIpc) is 3.09. The minimum atomic E-state index is -0.502. The van der Waals surface area contributed by atoms with Gasteiger partial charge in [0.2, 0.25) is 5.91 Å². The predicted molar refractivity (Wildman–Crippen MR) is 97.5 cm³/mol. The van der Waals surface area contributed by atoms with Gasteiger partial charge in [0.05, 0.1) is 0 Å². The van der Waals surface area contributed by atoms with Crippen LogP contribution >= 0.6 is 11.8 Å². The molecule has 0 saturated heterocycles. The van der Waals surface area contributed by atoms with Gasteiger partial charge in [0, 0.05) is 27.0 Å². The Bertz CT molecular complexity index is 720. The fourth-order valence-electron chi connectivity index (χ4n) is 2.80. The maximum atomic E-state index is 12.2. The van der Waals surface area contributed by atoms with Crippen LogP contribution in [0.4, 0.5) is 5.69 Å². The van der Waals surface area contributed by atoms with E-state index in [1.165, 1.54) is 30.6 Å². The third-order valence-electron chi connectivity index (χ3n) is 4.15. The number of hydrogen-bond donors (Lipinski definition) is 2. The third kappa shape index (κ3) is 4.17. The van der Waals surface area contributed by atoms with E-state index in [-0.39, 0.29) is 5.91 Å². The first-order valence-electron chi connectivity index (χ1n) is 8.10. The van der Waals surface area contributed by atoms with Crippen molar-refractivity contribution in [2.45, 2.75) is 35.8 Å². The Balaban J connectivity index is 1.60. The highest BCUT2D eigenvalue weighted by molar-refractivity contribution is 8.00. The second kappa shape index (κ2) is 7.53. The molecule has 124 valence electrons. The Morgan fingerprint density at radius 1 is 0.917 bits per heavy atom. The van der Waals surface area contributed by atoms with Crippen LogP contribution in [0.1, 0.15) is 46.4 Å². The summed E-state index contributed by atoms with van der Waals surface area (Å²) in [5.74, 6) is -0.709. The number of rotatable bonds is 5. The van der Waals surface area contributed by atoms with Crippen molar-refractivity contribution in [2.24, 2.45) is 5.73 Å². The first kappa shape index (κ1) is 16.6. The lowest BCUT2D eigenvalue weighted by atomic mass is 10.1. The molecule has 2 amide bonds. The molecule has 3 N–H and O–H groups in total. The van der Waals surface area contributed by atoms with Crippen LogP contribution in [0.2, 0.25) is 0 Å². The van der Waals surface area contributed by atoms with Gasteiger partial charge in [-0.3, -0.25) is 9.59 Å². The van der Waals surface area contributed by atoms with Crippen molar-refractivity contribution in [1.29, 1.82) is 0 Å². The predicted octanol–water partition coefficient (Wildman–Crippen LogP) is 4.07. The molecule has 1 aliphatic carbocycles.